The van der Waals surface area contributed by atoms with Gasteiger partial charge in [0, 0.05) is 19.1 Å². The number of hydrogen-bond donors (Lipinski definition) is 2. The highest BCUT2D eigenvalue weighted by Crippen LogP contribution is 2.17. The van der Waals surface area contributed by atoms with Gasteiger partial charge < -0.3 is 15.3 Å². The van der Waals surface area contributed by atoms with Gasteiger partial charge in [0.2, 0.25) is 0 Å². The Morgan fingerprint density at radius 3 is 2.76 bits per heavy atom. The van der Waals surface area contributed by atoms with Gasteiger partial charge in [0.1, 0.15) is 0 Å². The zero-order valence-corrected chi connectivity index (χ0v) is 11.3. The van der Waals surface area contributed by atoms with E-state index in [1.165, 1.54) is 12.8 Å². The maximum absolute atomic E-state index is 10.8. The molecule has 17 heavy (non-hydrogen) atoms. The summed E-state index contributed by atoms with van der Waals surface area (Å²) in [6, 6.07) is 0.531. The van der Waals surface area contributed by atoms with Crippen molar-refractivity contribution in [1.29, 1.82) is 0 Å². The van der Waals surface area contributed by atoms with Crippen LogP contribution in [-0.2, 0) is 4.79 Å². The molecule has 0 aromatic heterocycles. The largest absolute Gasteiger partial charge is 0.481 e. The fourth-order valence-corrected chi connectivity index (χ4v) is 2.35. The molecule has 1 fully saturated rings. The third-order valence-corrected chi connectivity index (χ3v) is 3.37. The number of carbonyl (C=O) groups is 1. The average molecular weight is 242 g/mol. The summed E-state index contributed by atoms with van der Waals surface area (Å²) in [4.78, 5) is 13.1. The lowest BCUT2D eigenvalue weighted by Gasteiger charge is -2.34. The van der Waals surface area contributed by atoms with Crippen molar-refractivity contribution in [3.05, 3.63) is 0 Å². The van der Waals surface area contributed by atoms with Crippen LogP contribution >= 0.6 is 0 Å². The molecule has 4 heteroatoms. The van der Waals surface area contributed by atoms with Crippen LogP contribution < -0.4 is 5.32 Å². The van der Waals surface area contributed by atoms with E-state index in [4.69, 9.17) is 5.11 Å². The molecule has 0 radical (unpaired) electrons. The topological polar surface area (TPSA) is 52.6 Å². The highest BCUT2D eigenvalue weighted by atomic mass is 16.4. The van der Waals surface area contributed by atoms with Crippen LogP contribution in [0.15, 0.2) is 0 Å². The van der Waals surface area contributed by atoms with Gasteiger partial charge in [-0.3, -0.25) is 4.79 Å². The molecule has 2 atom stereocenters. The molecule has 1 aliphatic heterocycles. The monoisotopic (exact) mass is 242 g/mol. The third kappa shape index (κ3) is 5.50. The first-order valence-corrected chi connectivity index (χ1v) is 6.67. The van der Waals surface area contributed by atoms with E-state index < -0.39 is 5.97 Å². The van der Waals surface area contributed by atoms with Gasteiger partial charge in [0.05, 0.1) is 5.92 Å². The Hall–Kier alpha value is -0.610. The molecule has 1 aliphatic rings. The molecule has 0 spiro atoms. The summed E-state index contributed by atoms with van der Waals surface area (Å²) in [5.74, 6) is -0.272. The van der Waals surface area contributed by atoms with Crippen LogP contribution in [0.4, 0.5) is 0 Å². The van der Waals surface area contributed by atoms with Crippen molar-refractivity contribution in [3.63, 3.8) is 0 Å². The number of nitrogens with zero attached hydrogens (tertiary/aromatic N) is 1. The molecule has 0 aliphatic carbocycles. The minimum atomic E-state index is -0.688. The Kier molecular flexibility index (Phi) is 5.92. The molecule has 2 unspecified atom stereocenters. The molecule has 0 aromatic rings. The summed E-state index contributed by atoms with van der Waals surface area (Å²) >= 11 is 0. The maximum atomic E-state index is 10.8. The molecule has 0 aromatic carbocycles. The summed E-state index contributed by atoms with van der Waals surface area (Å²) in [7, 11) is 0. The Morgan fingerprint density at radius 2 is 2.18 bits per heavy atom. The number of rotatable bonds is 6. The predicted molar refractivity (Wildman–Crippen MR) is 69.1 cm³/mol. The van der Waals surface area contributed by atoms with Gasteiger partial charge in [0.25, 0.3) is 0 Å². The molecule has 0 bridgehead atoms. The van der Waals surface area contributed by atoms with Crippen molar-refractivity contribution in [2.75, 3.05) is 26.2 Å². The molecular weight excluding hydrogens is 216 g/mol. The first-order chi connectivity index (χ1) is 7.99. The average Bonchev–Trinajstić information content (AvgIpc) is 2.26. The van der Waals surface area contributed by atoms with E-state index in [0.717, 1.165) is 19.6 Å². The molecule has 4 nitrogen and oxygen atoms in total. The van der Waals surface area contributed by atoms with E-state index in [0.29, 0.717) is 18.5 Å². The minimum Gasteiger partial charge on any atom is -0.481 e. The number of piperidine rings is 1. The lowest BCUT2D eigenvalue weighted by atomic mass is 9.97. The zero-order chi connectivity index (χ0) is 12.8. The maximum Gasteiger partial charge on any atom is 0.307 e. The SMILES string of the molecule is CC(C)NCC1CCCN(CC(C)C(=O)O)C1. The molecule has 1 rings (SSSR count). The molecular formula is C13H26N2O2. The van der Waals surface area contributed by atoms with E-state index in [1.54, 1.807) is 6.92 Å². The van der Waals surface area contributed by atoms with Gasteiger partial charge in [-0.25, -0.2) is 0 Å². The zero-order valence-electron chi connectivity index (χ0n) is 11.3. The van der Waals surface area contributed by atoms with Gasteiger partial charge in [-0.15, -0.1) is 0 Å². The van der Waals surface area contributed by atoms with E-state index in [1.807, 2.05) is 0 Å². The van der Waals surface area contributed by atoms with E-state index >= 15 is 0 Å². The van der Waals surface area contributed by atoms with Crippen LogP contribution in [0.3, 0.4) is 0 Å². The number of hydrogen-bond acceptors (Lipinski definition) is 3. The lowest BCUT2D eigenvalue weighted by molar-refractivity contribution is -0.141. The fraction of sp³-hybridized carbons (Fsp3) is 0.923. The van der Waals surface area contributed by atoms with Gasteiger partial charge in [-0.05, 0) is 31.8 Å². The fourth-order valence-electron chi connectivity index (χ4n) is 2.35. The predicted octanol–water partition coefficient (Wildman–Crippen LogP) is 1.42. The summed E-state index contributed by atoms with van der Waals surface area (Å²) in [6.45, 7) is 9.94. The van der Waals surface area contributed by atoms with Crippen LogP contribution in [0.5, 0.6) is 0 Å². The Labute approximate surface area is 104 Å². The third-order valence-electron chi connectivity index (χ3n) is 3.37. The van der Waals surface area contributed by atoms with Crippen LogP contribution in [-0.4, -0.2) is 48.2 Å². The Morgan fingerprint density at radius 1 is 1.47 bits per heavy atom. The van der Waals surface area contributed by atoms with Crippen molar-refractivity contribution < 1.29 is 9.90 Å². The normalized spacial score (nSPS) is 23.9. The van der Waals surface area contributed by atoms with E-state index in [2.05, 4.69) is 24.1 Å². The number of carboxylic acids is 1. The van der Waals surface area contributed by atoms with Crippen LogP contribution in [0.25, 0.3) is 0 Å². The first-order valence-electron chi connectivity index (χ1n) is 6.67. The van der Waals surface area contributed by atoms with Crippen LogP contribution in [0, 0.1) is 11.8 Å². The lowest BCUT2D eigenvalue weighted by Crippen LogP contribution is -2.43. The molecule has 1 saturated heterocycles. The minimum absolute atomic E-state index is 0.258. The standard InChI is InChI=1S/C13H26N2O2/c1-10(2)14-7-12-5-4-6-15(9-12)8-11(3)13(16)17/h10-12,14H,4-9H2,1-3H3,(H,16,17). The van der Waals surface area contributed by atoms with Gasteiger partial charge >= 0.3 is 5.97 Å². The van der Waals surface area contributed by atoms with Crippen molar-refractivity contribution in [2.24, 2.45) is 11.8 Å². The number of likely N-dealkylation sites (tertiary alicyclic amines) is 1. The second kappa shape index (κ2) is 6.97. The second-order valence-electron chi connectivity index (χ2n) is 5.57. The summed E-state index contributed by atoms with van der Waals surface area (Å²) in [5, 5.41) is 12.4. The Balaban J connectivity index is 2.30. The van der Waals surface area contributed by atoms with Gasteiger partial charge in [-0.2, -0.15) is 0 Å². The summed E-state index contributed by atoms with van der Waals surface area (Å²) in [5.41, 5.74) is 0. The molecule has 0 saturated carbocycles. The number of aliphatic carboxylic acids is 1. The molecule has 1 heterocycles. The van der Waals surface area contributed by atoms with Crippen molar-refractivity contribution in [3.8, 4) is 0 Å². The summed E-state index contributed by atoms with van der Waals surface area (Å²) < 4.78 is 0. The van der Waals surface area contributed by atoms with E-state index in [9.17, 15) is 4.79 Å². The van der Waals surface area contributed by atoms with Crippen LogP contribution in [0.2, 0.25) is 0 Å². The highest BCUT2D eigenvalue weighted by molar-refractivity contribution is 5.69. The molecule has 0 amide bonds. The quantitative estimate of drug-likeness (QED) is 0.739. The van der Waals surface area contributed by atoms with Gasteiger partial charge in [0.15, 0.2) is 0 Å². The van der Waals surface area contributed by atoms with Crippen molar-refractivity contribution in [2.45, 2.75) is 39.7 Å². The number of carboxylic acid groups (broad SMARTS) is 1. The number of nitrogens with one attached hydrogen (secondary N) is 1. The molecule has 2 N–H and O–H groups in total. The van der Waals surface area contributed by atoms with Gasteiger partial charge in [-0.1, -0.05) is 20.8 Å². The summed E-state index contributed by atoms with van der Waals surface area (Å²) in [6.07, 6.45) is 2.45. The highest BCUT2D eigenvalue weighted by Gasteiger charge is 2.23. The van der Waals surface area contributed by atoms with Crippen LogP contribution in [0.1, 0.15) is 33.6 Å². The van der Waals surface area contributed by atoms with Crippen molar-refractivity contribution in [1.82, 2.24) is 10.2 Å². The van der Waals surface area contributed by atoms with Crippen molar-refractivity contribution >= 4 is 5.97 Å². The first kappa shape index (κ1) is 14.5. The smallest absolute Gasteiger partial charge is 0.307 e. The Bertz CT molecular complexity index is 244. The molecule has 100 valence electrons. The van der Waals surface area contributed by atoms with E-state index in [-0.39, 0.29) is 5.92 Å². The second-order valence-corrected chi connectivity index (χ2v) is 5.57.